The van der Waals surface area contributed by atoms with Crippen LogP contribution in [-0.2, 0) is 11.4 Å². The van der Waals surface area contributed by atoms with Crippen LogP contribution < -0.4 is 19.4 Å². The minimum absolute atomic E-state index is 0.0494. The summed E-state index contributed by atoms with van der Waals surface area (Å²) in [7, 11) is 6.19. The fraction of sp³-hybridized carbons (Fsp3) is 0.0962. The first kappa shape index (κ1) is 46.4. The molecule has 0 bridgehead atoms. The molecule has 352 valence electrons. The van der Waals surface area contributed by atoms with Gasteiger partial charge in [0, 0.05) is 65.8 Å². The number of hydrogen-bond acceptors (Lipinski definition) is 16. The minimum Gasteiger partial charge on any atom is -0.494 e. The van der Waals surface area contributed by atoms with Crippen LogP contribution in [0.25, 0.3) is 44.5 Å². The van der Waals surface area contributed by atoms with E-state index in [9.17, 15) is 25.0 Å². The van der Waals surface area contributed by atoms with E-state index >= 15 is 0 Å². The maximum absolute atomic E-state index is 13.9. The number of anilines is 2. The maximum atomic E-state index is 13.9. The monoisotopic (exact) mass is 948 g/mol. The third-order valence-corrected chi connectivity index (χ3v) is 11.4. The smallest absolute Gasteiger partial charge is 0.271 e. The third-order valence-electron chi connectivity index (χ3n) is 11.4. The van der Waals surface area contributed by atoms with Crippen LogP contribution in [0.3, 0.4) is 0 Å². The van der Waals surface area contributed by atoms with Gasteiger partial charge in [0.2, 0.25) is 11.8 Å². The number of carbonyl (C=O) groups is 1. The Labute approximate surface area is 404 Å². The summed E-state index contributed by atoms with van der Waals surface area (Å²) in [6.07, 6.45) is 0. The number of fused-ring (bicyclic) bond motifs is 2. The van der Waals surface area contributed by atoms with E-state index < -0.39 is 15.8 Å². The van der Waals surface area contributed by atoms with Gasteiger partial charge in [-0.1, -0.05) is 60.7 Å². The highest BCUT2D eigenvalue weighted by Crippen LogP contribution is 2.43. The van der Waals surface area contributed by atoms with E-state index in [0.29, 0.717) is 67.3 Å². The standard InChI is InChI=1S/C52H40N10O9/c1-59(39-13-9-15-41(29-39)61(64)65)52(63)45-28-35-12-6-8-18-44(35)47(49(45)69-4)56-54-38-25-21-33(22-26-38)51-58-57-50(71-51)32-19-23-37(24-20-32)53-55-46-43-17-7-5-11-34(43)27-36(48(46)68-3)31-70-60(2)40-14-10-16-42(30-40)62(66)67/h5-30H,31H2,1-4H3. The van der Waals surface area contributed by atoms with Crippen LogP contribution >= 0.6 is 0 Å². The molecule has 19 heteroatoms. The Morgan fingerprint density at radius 1 is 0.592 bits per heavy atom. The van der Waals surface area contributed by atoms with Crippen LogP contribution in [0.2, 0.25) is 0 Å². The fourth-order valence-corrected chi connectivity index (χ4v) is 7.74. The van der Waals surface area contributed by atoms with Gasteiger partial charge in [0.1, 0.15) is 18.0 Å². The lowest BCUT2D eigenvalue weighted by atomic mass is 10.0. The predicted octanol–water partition coefficient (Wildman–Crippen LogP) is 13.2. The van der Waals surface area contributed by atoms with Crippen molar-refractivity contribution in [2.75, 3.05) is 38.3 Å². The number of azo groups is 2. The van der Waals surface area contributed by atoms with Crippen molar-refractivity contribution in [3.05, 3.63) is 189 Å². The van der Waals surface area contributed by atoms with Crippen LogP contribution in [0.5, 0.6) is 11.5 Å². The van der Waals surface area contributed by atoms with Crippen molar-refractivity contribution in [1.82, 2.24) is 10.2 Å². The topological polar surface area (TPSA) is 226 Å². The van der Waals surface area contributed by atoms with Crippen LogP contribution in [0, 0.1) is 20.2 Å². The molecule has 0 aliphatic heterocycles. The van der Waals surface area contributed by atoms with E-state index in [0.717, 1.165) is 10.8 Å². The van der Waals surface area contributed by atoms with Crippen molar-refractivity contribution in [3.8, 4) is 34.4 Å². The third kappa shape index (κ3) is 9.82. The molecule has 0 fully saturated rings. The van der Waals surface area contributed by atoms with E-state index in [2.05, 4.69) is 30.7 Å². The second-order valence-corrected chi connectivity index (χ2v) is 15.8. The largest absolute Gasteiger partial charge is 0.494 e. The number of carbonyl (C=O) groups excluding carboxylic acids is 1. The Kier molecular flexibility index (Phi) is 13.2. The Morgan fingerprint density at radius 3 is 1.62 bits per heavy atom. The first-order valence-corrected chi connectivity index (χ1v) is 21.7. The molecule has 1 amide bonds. The quantitative estimate of drug-likeness (QED) is 0.0501. The van der Waals surface area contributed by atoms with Gasteiger partial charge in [-0.2, -0.15) is 10.2 Å². The molecule has 0 aliphatic rings. The van der Waals surface area contributed by atoms with Gasteiger partial charge in [0.05, 0.1) is 52.4 Å². The number of aromatic nitrogens is 2. The van der Waals surface area contributed by atoms with Crippen molar-refractivity contribution >= 4 is 73.0 Å². The van der Waals surface area contributed by atoms with Crippen molar-refractivity contribution in [1.29, 1.82) is 0 Å². The lowest BCUT2D eigenvalue weighted by Gasteiger charge is -2.20. The maximum Gasteiger partial charge on any atom is 0.271 e. The van der Waals surface area contributed by atoms with Crippen molar-refractivity contribution in [2.24, 2.45) is 20.5 Å². The molecular formula is C52H40N10O9. The minimum atomic E-state index is -0.518. The summed E-state index contributed by atoms with van der Waals surface area (Å²) in [6, 6.07) is 44.9. The summed E-state index contributed by atoms with van der Waals surface area (Å²) < 4.78 is 17.7. The van der Waals surface area contributed by atoms with E-state index in [1.54, 1.807) is 87.0 Å². The number of hydroxylamine groups is 1. The molecule has 8 aromatic carbocycles. The highest BCUT2D eigenvalue weighted by atomic mass is 16.7. The van der Waals surface area contributed by atoms with Gasteiger partial charge >= 0.3 is 0 Å². The number of benzene rings is 8. The molecule has 1 heterocycles. The lowest BCUT2D eigenvalue weighted by Crippen LogP contribution is -2.26. The number of nitro benzene ring substituents is 2. The molecule has 1 aromatic heterocycles. The van der Waals surface area contributed by atoms with Gasteiger partial charge < -0.3 is 18.8 Å². The number of methoxy groups -OCH3 is 2. The lowest BCUT2D eigenvalue weighted by molar-refractivity contribution is -0.385. The first-order chi connectivity index (χ1) is 34.5. The molecule has 0 saturated carbocycles. The Bertz CT molecular complexity index is 3540. The summed E-state index contributed by atoms with van der Waals surface area (Å²) in [5, 5.41) is 54.1. The normalized spacial score (nSPS) is 11.4. The SMILES string of the molecule is COc1c(CON(C)c2cccc([N+](=O)[O-])c2)cc2ccccc2c1N=Nc1ccc(-c2nnc(-c3ccc(N=Nc4c(OC)c(C(=O)N(C)c5cccc([N+](=O)[O-])c5)cc5ccccc45)cc3)o2)cc1. The Hall–Kier alpha value is -9.75. The van der Waals surface area contributed by atoms with Gasteiger partial charge in [-0.15, -0.1) is 20.4 Å². The average molecular weight is 949 g/mol. The van der Waals surface area contributed by atoms with E-state index in [1.165, 1.54) is 54.5 Å². The molecule has 9 rings (SSSR count). The molecule has 0 saturated heterocycles. The molecule has 0 atom stereocenters. The van der Waals surface area contributed by atoms with Crippen LogP contribution in [0.15, 0.2) is 183 Å². The second kappa shape index (κ2) is 20.2. The van der Waals surface area contributed by atoms with Crippen molar-refractivity contribution in [2.45, 2.75) is 6.61 Å². The Morgan fingerprint density at radius 2 is 1.08 bits per heavy atom. The molecular weight excluding hydrogens is 909 g/mol. The summed E-state index contributed by atoms with van der Waals surface area (Å²) in [5.41, 5.74) is 4.70. The molecule has 0 spiro atoms. The number of nitro groups is 2. The zero-order valence-corrected chi connectivity index (χ0v) is 38.4. The summed E-state index contributed by atoms with van der Waals surface area (Å²) in [4.78, 5) is 43.1. The summed E-state index contributed by atoms with van der Waals surface area (Å²) in [6.45, 7) is 0.0767. The zero-order valence-electron chi connectivity index (χ0n) is 38.4. The number of ether oxygens (including phenoxy) is 2. The van der Waals surface area contributed by atoms with Gasteiger partial charge in [-0.3, -0.25) is 34.9 Å². The zero-order chi connectivity index (χ0) is 49.6. The van der Waals surface area contributed by atoms with Crippen LogP contribution in [-0.4, -0.2) is 54.3 Å². The van der Waals surface area contributed by atoms with Crippen molar-refractivity contribution in [3.63, 3.8) is 0 Å². The molecule has 0 aliphatic carbocycles. The average Bonchev–Trinajstić information content (AvgIpc) is 3.91. The van der Waals surface area contributed by atoms with Crippen LogP contribution in [0.1, 0.15) is 15.9 Å². The van der Waals surface area contributed by atoms with Crippen molar-refractivity contribution < 1.29 is 33.4 Å². The number of rotatable bonds is 16. The molecule has 9 aromatic rings. The summed E-state index contributed by atoms with van der Waals surface area (Å²) in [5.74, 6) is 0.753. The first-order valence-electron chi connectivity index (χ1n) is 21.7. The molecule has 0 radical (unpaired) electrons. The fourth-order valence-electron chi connectivity index (χ4n) is 7.74. The van der Waals surface area contributed by atoms with Gasteiger partial charge in [-0.25, -0.2) is 0 Å². The molecule has 0 unspecified atom stereocenters. The number of nitrogens with zero attached hydrogens (tertiary/aromatic N) is 10. The van der Waals surface area contributed by atoms with Gasteiger partial charge in [-0.05, 0) is 83.6 Å². The predicted molar refractivity (Wildman–Crippen MR) is 267 cm³/mol. The highest BCUT2D eigenvalue weighted by molar-refractivity contribution is 6.13. The molecule has 71 heavy (non-hydrogen) atoms. The van der Waals surface area contributed by atoms with Crippen LogP contribution in [0.4, 0.5) is 45.5 Å². The number of hydrogen-bond donors (Lipinski definition) is 0. The molecule has 19 nitrogen and oxygen atoms in total. The van der Waals surface area contributed by atoms with E-state index in [4.69, 9.17) is 18.7 Å². The Balaban J connectivity index is 0.905. The summed E-state index contributed by atoms with van der Waals surface area (Å²) >= 11 is 0. The number of amides is 1. The molecule has 0 N–H and O–H groups in total. The van der Waals surface area contributed by atoms with E-state index in [-0.39, 0.29) is 41.1 Å². The number of non-ortho nitro benzene ring substituents is 2. The highest BCUT2D eigenvalue weighted by Gasteiger charge is 2.24. The second-order valence-electron chi connectivity index (χ2n) is 15.8. The van der Waals surface area contributed by atoms with E-state index in [1.807, 2.05) is 54.6 Å². The van der Waals surface area contributed by atoms with Gasteiger partial charge in [0.25, 0.3) is 17.3 Å². The van der Waals surface area contributed by atoms with Gasteiger partial charge in [0.15, 0.2) is 11.5 Å².